The summed E-state index contributed by atoms with van der Waals surface area (Å²) in [5.41, 5.74) is 2.81. The summed E-state index contributed by atoms with van der Waals surface area (Å²) >= 11 is 1.43. The lowest BCUT2D eigenvalue weighted by atomic mass is 9.89. The van der Waals surface area contributed by atoms with Gasteiger partial charge in [0.2, 0.25) is 15.9 Å². The number of carbonyl (C=O) groups is 2. The SMILES string of the molecule is CCCCC1CNc2c(cc(CCC(=O)O)cc2S(=O)(=O)N[C@@H](Cc2nc3ccccc3s2)C(=O)N2CCC(CCF)CC2)C1. The summed E-state index contributed by atoms with van der Waals surface area (Å²) in [6.07, 6.45) is 5.88. The van der Waals surface area contributed by atoms with Crippen LogP contribution in [-0.4, -0.2) is 67.6 Å². The molecule has 3 heterocycles. The third-order valence-corrected chi connectivity index (χ3v) is 11.5. The molecule has 1 unspecified atom stereocenters. The lowest BCUT2D eigenvalue weighted by Gasteiger charge is -2.34. The van der Waals surface area contributed by atoms with Gasteiger partial charge in [0.05, 0.1) is 27.6 Å². The third kappa shape index (κ3) is 8.39. The summed E-state index contributed by atoms with van der Waals surface area (Å²) in [5, 5.41) is 13.3. The van der Waals surface area contributed by atoms with Gasteiger partial charge in [-0.25, -0.2) is 13.4 Å². The summed E-state index contributed by atoms with van der Waals surface area (Å²) in [6, 6.07) is 10.0. The van der Waals surface area contributed by atoms with Crippen LogP contribution in [0, 0.1) is 11.8 Å². The highest BCUT2D eigenvalue weighted by Gasteiger charge is 2.35. The predicted octanol–water partition coefficient (Wildman–Crippen LogP) is 5.58. The summed E-state index contributed by atoms with van der Waals surface area (Å²) < 4.78 is 45.2. The molecule has 1 fully saturated rings. The van der Waals surface area contributed by atoms with Crippen molar-refractivity contribution in [3.63, 3.8) is 0 Å². The van der Waals surface area contributed by atoms with Gasteiger partial charge < -0.3 is 15.3 Å². The molecule has 9 nitrogen and oxygen atoms in total. The van der Waals surface area contributed by atoms with E-state index in [0.29, 0.717) is 67.5 Å². The first-order valence-corrected chi connectivity index (χ1v) is 18.3. The monoisotopic (exact) mass is 658 g/mol. The summed E-state index contributed by atoms with van der Waals surface area (Å²) in [4.78, 5) is 31.8. The van der Waals surface area contributed by atoms with Gasteiger partial charge in [-0.1, -0.05) is 38.0 Å². The number of unbranched alkanes of at least 4 members (excludes halogenated alkanes) is 1. The fraction of sp³-hybridized carbons (Fsp3) is 0.545. The number of carboxylic acid groups (broad SMARTS) is 1. The number of benzene rings is 2. The van der Waals surface area contributed by atoms with Crippen LogP contribution in [0.15, 0.2) is 41.3 Å². The molecule has 3 N–H and O–H groups in total. The zero-order chi connectivity index (χ0) is 32.0. The van der Waals surface area contributed by atoms with Crippen molar-refractivity contribution in [3.05, 3.63) is 52.5 Å². The van der Waals surface area contributed by atoms with E-state index in [2.05, 4.69) is 21.9 Å². The number of aromatic nitrogens is 1. The van der Waals surface area contributed by atoms with Gasteiger partial charge in [-0.2, -0.15) is 4.72 Å². The van der Waals surface area contributed by atoms with Crippen LogP contribution in [0.3, 0.4) is 0 Å². The van der Waals surface area contributed by atoms with Crippen molar-refractivity contribution < 1.29 is 27.5 Å². The number of aryl methyl sites for hydroxylation is 1. The van der Waals surface area contributed by atoms with Gasteiger partial charge in [-0.05, 0) is 79.7 Å². The molecule has 0 saturated carbocycles. The van der Waals surface area contributed by atoms with Crippen molar-refractivity contribution >= 4 is 49.1 Å². The zero-order valence-electron chi connectivity index (χ0n) is 25.8. The molecule has 2 aliphatic heterocycles. The van der Waals surface area contributed by atoms with E-state index in [1.165, 1.54) is 11.3 Å². The molecule has 0 spiro atoms. The van der Waals surface area contributed by atoms with E-state index in [1.807, 2.05) is 30.3 Å². The smallest absolute Gasteiger partial charge is 0.303 e. The Labute approximate surface area is 268 Å². The number of carbonyl (C=O) groups excluding carboxylic acids is 1. The largest absolute Gasteiger partial charge is 0.481 e. The van der Waals surface area contributed by atoms with Crippen LogP contribution < -0.4 is 10.0 Å². The average molecular weight is 659 g/mol. The number of rotatable bonds is 14. The molecule has 12 heteroatoms. The summed E-state index contributed by atoms with van der Waals surface area (Å²) in [7, 11) is -4.23. The van der Waals surface area contributed by atoms with Crippen LogP contribution in [0.25, 0.3) is 10.2 Å². The molecule has 3 aromatic rings. The Morgan fingerprint density at radius 3 is 2.67 bits per heavy atom. The second-order valence-corrected chi connectivity index (χ2v) is 15.1. The maximum atomic E-state index is 14.2. The Hall–Kier alpha value is -3.09. The molecular weight excluding hydrogens is 616 g/mol. The van der Waals surface area contributed by atoms with E-state index in [0.717, 1.165) is 35.0 Å². The number of carboxylic acids is 1. The van der Waals surface area contributed by atoms with Crippen molar-refractivity contribution in [1.82, 2.24) is 14.6 Å². The van der Waals surface area contributed by atoms with Crippen molar-refractivity contribution in [2.24, 2.45) is 11.8 Å². The Morgan fingerprint density at radius 1 is 1.18 bits per heavy atom. The van der Waals surface area contributed by atoms with E-state index in [1.54, 1.807) is 11.0 Å². The van der Waals surface area contributed by atoms with Crippen LogP contribution >= 0.6 is 11.3 Å². The summed E-state index contributed by atoms with van der Waals surface area (Å²) in [6.45, 7) is 3.29. The number of aliphatic carboxylic acids is 1. The third-order valence-electron chi connectivity index (χ3n) is 8.96. The molecule has 2 atom stereocenters. The lowest BCUT2D eigenvalue weighted by molar-refractivity contribution is -0.137. The molecular formula is C33H43FN4O5S2. The number of halogens is 1. The first-order chi connectivity index (χ1) is 21.7. The van der Waals surface area contributed by atoms with Crippen molar-refractivity contribution in [3.8, 4) is 0 Å². The number of nitrogens with zero attached hydrogens (tertiary/aromatic N) is 2. The van der Waals surface area contributed by atoms with Gasteiger partial charge in [-0.15, -0.1) is 11.3 Å². The quantitative estimate of drug-likeness (QED) is 0.206. The minimum Gasteiger partial charge on any atom is -0.481 e. The van der Waals surface area contributed by atoms with Crippen LogP contribution in [0.5, 0.6) is 0 Å². The van der Waals surface area contributed by atoms with Gasteiger partial charge >= 0.3 is 5.97 Å². The highest BCUT2D eigenvalue weighted by molar-refractivity contribution is 7.89. The molecule has 244 valence electrons. The van der Waals surface area contributed by atoms with E-state index in [9.17, 15) is 27.5 Å². The highest BCUT2D eigenvalue weighted by atomic mass is 32.2. The number of amides is 1. The molecule has 45 heavy (non-hydrogen) atoms. The maximum absolute atomic E-state index is 14.2. The molecule has 0 aliphatic carbocycles. The summed E-state index contributed by atoms with van der Waals surface area (Å²) in [5.74, 6) is -0.707. The number of likely N-dealkylation sites (tertiary alicyclic amines) is 1. The predicted molar refractivity (Wildman–Crippen MR) is 175 cm³/mol. The van der Waals surface area contributed by atoms with Gasteiger partial charge in [0.25, 0.3) is 0 Å². The Kier molecular flexibility index (Phi) is 11.1. The second-order valence-electron chi connectivity index (χ2n) is 12.3. The number of nitrogens with one attached hydrogen (secondary N) is 2. The number of alkyl halides is 1. The Morgan fingerprint density at radius 2 is 1.96 bits per heavy atom. The molecule has 5 rings (SSSR count). The Balaban J connectivity index is 1.46. The van der Waals surface area contributed by atoms with Crippen molar-refractivity contribution in [1.29, 1.82) is 0 Å². The molecule has 1 aromatic heterocycles. The van der Waals surface area contributed by atoms with Crippen molar-refractivity contribution in [2.45, 2.75) is 82.1 Å². The molecule has 2 aliphatic rings. The average Bonchev–Trinajstić information content (AvgIpc) is 3.44. The first kappa shape index (κ1) is 33.3. The minimum absolute atomic E-state index is 0.0399. The van der Waals surface area contributed by atoms with E-state index in [4.69, 9.17) is 0 Å². The van der Waals surface area contributed by atoms with E-state index >= 15 is 0 Å². The number of anilines is 1. The number of para-hydroxylation sites is 1. The first-order valence-electron chi connectivity index (χ1n) is 16.0. The van der Waals surface area contributed by atoms with Crippen LogP contribution in [-0.2, 0) is 38.9 Å². The highest BCUT2D eigenvalue weighted by Crippen LogP contribution is 2.35. The zero-order valence-corrected chi connectivity index (χ0v) is 27.4. The van der Waals surface area contributed by atoms with Gasteiger partial charge in [0.1, 0.15) is 10.9 Å². The fourth-order valence-corrected chi connectivity index (χ4v) is 8.94. The van der Waals surface area contributed by atoms with Crippen LogP contribution in [0.2, 0.25) is 0 Å². The number of thiazole rings is 1. The van der Waals surface area contributed by atoms with Crippen LogP contribution in [0.1, 0.15) is 68.0 Å². The molecule has 0 radical (unpaired) electrons. The van der Waals surface area contributed by atoms with E-state index < -0.39 is 22.0 Å². The minimum atomic E-state index is -4.23. The lowest BCUT2D eigenvalue weighted by Crippen LogP contribution is -2.51. The molecule has 1 amide bonds. The van der Waals surface area contributed by atoms with Gasteiger partial charge in [-0.3, -0.25) is 14.0 Å². The Bertz CT molecular complexity index is 1570. The van der Waals surface area contributed by atoms with Crippen molar-refractivity contribution in [2.75, 3.05) is 31.6 Å². The normalized spacial score (nSPS) is 18.0. The molecule has 0 bridgehead atoms. The number of sulfonamides is 1. The van der Waals surface area contributed by atoms with Gasteiger partial charge in [0, 0.05) is 32.5 Å². The number of piperidine rings is 1. The second kappa shape index (κ2) is 15.0. The fourth-order valence-electron chi connectivity index (χ4n) is 6.46. The van der Waals surface area contributed by atoms with E-state index in [-0.39, 0.29) is 42.7 Å². The topological polar surface area (TPSA) is 129 Å². The number of hydrogen-bond donors (Lipinski definition) is 3. The number of fused-ring (bicyclic) bond motifs is 2. The van der Waals surface area contributed by atoms with Gasteiger partial charge in [0.15, 0.2) is 0 Å². The maximum Gasteiger partial charge on any atom is 0.303 e. The molecule has 1 saturated heterocycles. The molecule has 2 aromatic carbocycles. The standard InChI is InChI=1S/C33H43FN4O5S2/c1-2-3-6-24-18-25-17-23(9-10-31(39)40)19-29(32(25)35-21-24)45(42,43)37-27(20-30-36-26-7-4-5-8-28(26)44-30)33(41)38-15-12-22(11-14-34)13-16-38/h4-5,7-8,17,19,22,24,27,35,37H,2-3,6,9-16,18,20-21H2,1H3,(H,39,40)/t24?,27-/m0/s1. The van der Waals surface area contributed by atoms with Crippen LogP contribution in [0.4, 0.5) is 10.1 Å². The number of hydrogen-bond acceptors (Lipinski definition) is 7.